The number of hydrogen-bond acceptors (Lipinski definition) is 6. The van der Waals surface area contributed by atoms with Crippen LogP contribution in [0.5, 0.6) is 0 Å². The molecule has 2 aromatic carbocycles. The number of thiazole rings is 1. The molecule has 130 valence electrons. The second kappa shape index (κ2) is 6.62. The highest BCUT2D eigenvalue weighted by molar-refractivity contribution is 7.90. The highest BCUT2D eigenvalue weighted by Crippen LogP contribution is 2.33. The minimum absolute atomic E-state index is 0.0301. The van der Waals surface area contributed by atoms with Crippen molar-refractivity contribution in [3.63, 3.8) is 0 Å². The third-order valence-corrected chi connectivity index (χ3v) is 6.10. The van der Waals surface area contributed by atoms with Crippen LogP contribution in [0.2, 0.25) is 5.02 Å². The number of fused-ring (bicyclic) bond motifs is 1. The largest absolute Gasteiger partial charge is 0.273 e. The standard InChI is InChI=1S/C16H14ClN3O3S2/c1-9-7-8-11(17)14-13(9)18-16(24-14)20-19-15(21)10-5-3-4-6-12(10)25(2,22)23/h3-8H,1-2H3,(H,18,20)(H,19,21). The van der Waals surface area contributed by atoms with E-state index in [1.165, 1.54) is 23.5 Å². The maximum Gasteiger partial charge on any atom is 0.270 e. The van der Waals surface area contributed by atoms with Crippen LogP contribution in [0, 0.1) is 6.92 Å². The molecule has 0 spiro atoms. The SMILES string of the molecule is Cc1ccc(Cl)c2sc(NNC(=O)c3ccccc3S(C)(=O)=O)nc12. The summed E-state index contributed by atoms with van der Waals surface area (Å²) in [5.41, 5.74) is 6.99. The highest BCUT2D eigenvalue weighted by atomic mass is 35.5. The molecule has 3 rings (SSSR count). The summed E-state index contributed by atoms with van der Waals surface area (Å²) >= 11 is 7.46. The summed E-state index contributed by atoms with van der Waals surface area (Å²) in [7, 11) is -3.51. The van der Waals surface area contributed by atoms with E-state index in [-0.39, 0.29) is 10.5 Å². The van der Waals surface area contributed by atoms with Crippen LogP contribution in [0.3, 0.4) is 0 Å². The fraction of sp³-hybridized carbons (Fsp3) is 0.125. The lowest BCUT2D eigenvalue weighted by Gasteiger charge is -2.09. The molecule has 1 heterocycles. The van der Waals surface area contributed by atoms with Crippen LogP contribution in [0.4, 0.5) is 5.13 Å². The zero-order chi connectivity index (χ0) is 18.2. The molecule has 0 aliphatic carbocycles. The van der Waals surface area contributed by atoms with E-state index in [0.29, 0.717) is 10.2 Å². The van der Waals surface area contributed by atoms with E-state index in [2.05, 4.69) is 15.8 Å². The van der Waals surface area contributed by atoms with E-state index in [0.717, 1.165) is 22.0 Å². The quantitative estimate of drug-likeness (QED) is 0.661. The van der Waals surface area contributed by atoms with Gasteiger partial charge in [0.15, 0.2) is 9.84 Å². The molecule has 0 saturated carbocycles. The van der Waals surface area contributed by atoms with Gasteiger partial charge in [-0.3, -0.25) is 15.6 Å². The summed E-state index contributed by atoms with van der Waals surface area (Å²) in [6, 6.07) is 9.68. The summed E-state index contributed by atoms with van der Waals surface area (Å²) in [5, 5.41) is 1.04. The van der Waals surface area contributed by atoms with Crippen molar-refractivity contribution in [2.75, 3.05) is 11.7 Å². The topological polar surface area (TPSA) is 88.2 Å². The van der Waals surface area contributed by atoms with Gasteiger partial charge in [0.05, 0.1) is 25.7 Å². The Morgan fingerprint density at radius 3 is 2.60 bits per heavy atom. The molecule has 0 aliphatic rings. The monoisotopic (exact) mass is 395 g/mol. The number of nitrogens with zero attached hydrogens (tertiary/aromatic N) is 1. The molecular formula is C16H14ClN3O3S2. The van der Waals surface area contributed by atoms with Gasteiger partial charge in [-0.25, -0.2) is 13.4 Å². The van der Waals surface area contributed by atoms with Crippen molar-refractivity contribution >= 4 is 54.0 Å². The number of hydrazine groups is 1. The fourth-order valence-corrected chi connectivity index (χ4v) is 4.37. The number of anilines is 1. The Morgan fingerprint density at radius 1 is 1.20 bits per heavy atom. The van der Waals surface area contributed by atoms with Crippen molar-refractivity contribution in [2.45, 2.75) is 11.8 Å². The van der Waals surface area contributed by atoms with Crippen LogP contribution in [-0.4, -0.2) is 25.6 Å². The molecule has 0 saturated heterocycles. The summed E-state index contributed by atoms with van der Waals surface area (Å²) in [6.45, 7) is 1.92. The number of aryl methyl sites for hydroxylation is 1. The normalized spacial score (nSPS) is 11.5. The number of halogens is 1. The van der Waals surface area contributed by atoms with Crippen molar-refractivity contribution in [3.8, 4) is 0 Å². The number of nitrogens with one attached hydrogen (secondary N) is 2. The van der Waals surface area contributed by atoms with E-state index in [4.69, 9.17) is 11.6 Å². The lowest BCUT2D eigenvalue weighted by molar-refractivity contribution is 0.0959. The molecule has 0 unspecified atom stereocenters. The molecular weight excluding hydrogens is 382 g/mol. The minimum atomic E-state index is -3.51. The highest BCUT2D eigenvalue weighted by Gasteiger charge is 2.18. The average molecular weight is 396 g/mol. The van der Waals surface area contributed by atoms with Crippen molar-refractivity contribution in [2.24, 2.45) is 0 Å². The van der Waals surface area contributed by atoms with Gasteiger partial charge in [-0.2, -0.15) is 0 Å². The molecule has 0 atom stereocenters. The van der Waals surface area contributed by atoms with Crippen molar-refractivity contribution in [1.29, 1.82) is 0 Å². The lowest BCUT2D eigenvalue weighted by Crippen LogP contribution is -2.30. The van der Waals surface area contributed by atoms with E-state index in [9.17, 15) is 13.2 Å². The van der Waals surface area contributed by atoms with E-state index in [1.54, 1.807) is 18.2 Å². The molecule has 0 bridgehead atoms. The van der Waals surface area contributed by atoms with Gasteiger partial charge < -0.3 is 0 Å². The predicted octanol–water partition coefficient (Wildman–Crippen LogP) is 3.42. The van der Waals surface area contributed by atoms with Crippen molar-refractivity contribution in [1.82, 2.24) is 10.4 Å². The van der Waals surface area contributed by atoms with E-state index in [1.807, 2.05) is 13.0 Å². The summed E-state index contributed by atoms with van der Waals surface area (Å²) in [6.07, 6.45) is 1.06. The molecule has 25 heavy (non-hydrogen) atoms. The summed E-state index contributed by atoms with van der Waals surface area (Å²) in [4.78, 5) is 16.7. The number of aromatic nitrogens is 1. The molecule has 9 heteroatoms. The molecule has 6 nitrogen and oxygen atoms in total. The predicted molar refractivity (Wildman–Crippen MR) is 100 cm³/mol. The second-order valence-electron chi connectivity index (χ2n) is 5.41. The molecule has 1 amide bonds. The summed E-state index contributed by atoms with van der Waals surface area (Å²) in [5.74, 6) is -0.567. The van der Waals surface area contributed by atoms with Gasteiger partial charge >= 0.3 is 0 Å². The van der Waals surface area contributed by atoms with Gasteiger partial charge in [-0.15, -0.1) is 0 Å². The molecule has 0 aliphatic heterocycles. The third kappa shape index (κ3) is 3.60. The van der Waals surface area contributed by atoms with Gasteiger partial charge in [0.2, 0.25) is 5.13 Å². The molecule has 2 N–H and O–H groups in total. The zero-order valence-electron chi connectivity index (χ0n) is 13.3. The van der Waals surface area contributed by atoms with Gasteiger partial charge in [-0.1, -0.05) is 41.1 Å². The van der Waals surface area contributed by atoms with Crippen LogP contribution < -0.4 is 10.9 Å². The van der Waals surface area contributed by atoms with Crippen LogP contribution in [0.15, 0.2) is 41.3 Å². The Morgan fingerprint density at radius 2 is 1.92 bits per heavy atom. The van der Waals surface area contributed by atoms with E-state index < -0.39 is 15.7 Å². The van der Waals surface area contributed by atoms with Crippen LogP contribution in [0.1, 0.15) is 15.9 Å². The maximum absolute atomic E-state index is 12.3. The van der Waals surface area contributed by atoms with Crippen LogP contribution >= 0.6 is 22.9 Å². The number of amides is 1. The average Bonchev–Trinajstić information content (AvgIpc) is 3.01. The van der Waals surface area contributed by atoms with Crippen molar-refractivity contribution in [3.05, 3.63) is 52.5 Å². The number of hydrogen-bond donors (Lipinski definition) is 2. The smallest absolute Gasteiger partial charge is 0.270 e. The lowest BCUT2D eigenvalue weighted by atomic mass is 10.2. The Kier molecular flexibility index (Phi) is 4.68. The second-order valence-corrected chi connectivity index (χ2v) is 8.80. The van der Waals surface area contributed by atoms with Gasteiger partial charge in [0.25, 0.3) is 5.91 Å². The zero-order valence-corrected chi connectivity index (χ0v) is 15.7. The number of carbonyl (C=O) groups is 1. The Hall–Kier alpha value is -2.16. The Labute approximate surface area is 153 Å². The molecule has 1 aromatic heterocycles. The van der Waals surface area contributed by atoms with E-state index >= 15 is 0 Å². The van der Waals surface area contributed by atoms with Gasteiger partial charge in [-0.05, 0) is 30.7 Å². The van der Waals surface area contributed by atoms with Crippen LogP contribution in [0.25, 0.3) is 10.2 Å². The first kappa shape index (κ1) is 17.7. The molecule has 0 radical (unpaired) electrons. The first-order chi connectivity index (χ1) is 11.8. The first-order valence-electron chi connectivity index (χ1n) is 7.18. The molecule has 3 aromatic rings. The number of benzene rings is 2. The van der Waals surface area contributed by atoms with Gasteiger partial charge in [0, 0.05) is 6.26 Å². The first-order valence-corrected chi connectivity index (χ1v) is 10.3. The Balaban J connectivity index is 1.85. The summed E-state index contributed by atoms with van der Waals surface area (Å²) < 4.78 is 24.4. The number of carbonyl (C=O) groups excluding carboxylic acids is 1. The number of rotatable bonds is 4. The van der Waals surface area contributed by atoms with Crippen LogP contribution in [-0.2, 0) is 9.84 Å². The maximum atomic E-state index is 12.3. The fourth-order valence-electron chi connectivity index (χ4n) is 2.31. The van der Waals surface area contributed by atoms with Crippen molar-refractivity contribution < 1.29 is 13.2 Å². The third-order valence-electron chi connectivity index (χ3n) is 3.51. The Bertz CT molecular complexity index is 1040. The van der Waals surface area contributed by atoms with Gasteiger partial charge in [0.1, 0.15) is 0 Å². The number of sulfone groups is 1. The molecule has 0 fully saturated rings. The minimum Gasteiger partial charge on any atom is -0.273 e.